The number of para-hydroxylation sites is 2. The van der Waals surface area contributed by atoms with Crippen LogP contribution in [0.4, 0.5) is 0 Å². The Labute approximate surface area is 197 Å². The molecular weight excluding hydrogens is 434 g/mol. The fraction of sp³-hybridized carbons (Fsp3) is 0.0345. The zero-order valence-electron chi connectivity index (χ0n) is 18.3. The van der Waals surface area contributed by atoms with Gasteiger partial charge in [-0.2, -0.15) is 8.97 Å². The van der Waals surface area contributed by atoms with Gasteiger partial charge in [-0.05, 0) is 42.5 Å². The van der Waals surface area contributed by atoms with Crippen molar-refractivity contribution in [2.75, 3.05) is 0 Å². The van der Waals surface area contributed by atoms with Gasteiger partial charge in [0.2, 0.25) is 5.69 Å². The van der Waals surface area contributed by atoms with Crippen LogP contribution in [0.5, 0.6) is 11.5 Å². The van der Waals surface area contributed by atoms with Gasteiger partial charge in [-0.3, -0.25) is 0 Å². The molecule has 6 nitrogen and oxygen atoms in total. The van der Waals surface area contributed by atoms with Crippen LogP contribution in [-0.4, -0.2) is 14.4 Å². The van der Waals surface area contributed by atoms with Gasteiger partial charge in [0, 0.05) is 17.5 Å². The fourth-order valence-corrected chi connectivity index (χ4v) is 6.82. The third kappa shape index (κ3) is 1.57. The van der Waals surface area contributed by atoms with Gasteiger partial charge in [-0.15, -0.1) is 4.57 Å². The average molecular weight is 449 g/mol. The van der Waals surface area contributed by atoms with Gasteiger partial charge in [0.15, 0.2) is 6.20 Å². The number of benzene rings is 3. The van der Waals surface area contributed by atoms with Crippen molar-refractivity contribution in [3.05, 3.63) is 103 Å². The maximum absolute atomic E-state index is 6.59. The molecule has 3 aliphatic heterocycles. The summed E-state index contributed by atoms with van der Waals surface area (Å²) in [5.74, 6) is 1.80. The quantitative estimate of drug-likeness (QED) is 0.195. The number of aromatic nitrogens is 5. The van der Waals surface area contributed by atoms with E-state index in [1.807, 2.05) is 24.3 Å². The second-order valence-corrected chi connectivity index (χ2v) is 9.52. The molecule has 6 heteroatoms. The minimum absolute atomic E-state index is 0.552. The fourth-order valence-electron chi connectivity index (χ4n) is 6.82. The predicted octanol–water partition coefficient (Wildman–Crippen LogP) is 4.46. The van der Waals surface area contributed by atoms with Crippen LogP contribution in [0.15, 0.2) is 91.4 Å². The van der Waals surface area contributed by atoms with Crippen molar-refractivity contribution in [2.24, 2.45) is 0 Å². The summed E-state index contributed by atoms with van der Waals surface area (Å²) >= 11 is 0. The molecule has 3 aliphatic rings. The first-order chi connectivity index (χ1) is 17.4. The van der Waals surface area contributed by atoms with E-state index in [-0.39, 0.29) is 0 Å². The highest BCUT2D eigenvalue weighted by molar-refractivity contribution is 6.13. The van der Waals surface area contributed by atoms with Crippen LogP contribution in [0.1, 0.15) is 11.1 Å². The van der Waals surface area contributed by atoms with Crippen LogP contribution in [0.25, 0.3) is 49.9 Å². The van der Waals surface area contributed by atoms with E-state index in [9.17, 15) is 0 Å². The number of rotatable bonds is 0. The maximum atomic E-state index is 6.59. The van der Waals surface area contributed by atoms with E-state index in [1.165, 1.54) is 27.8 Å². The van der Waals surface area contributed by atoms with E-state index in [0.717, 1.165) is 44.7 Å². The molecule has 1 spiro atoms. The van der Waals surface area contributed by atoms with E-state index in [1.54, 1.807) is 0 Å². The van der Waals surface area contributed by atoms with Gasteiger partial charge in [-0.25, -0.2) is 9.97 Å². The van der Waals surface area contributed by atoms with Crippen LogP contribution in [0.3, 0.4) is 0 Å². The van der Waals surface area contributed by atoms with Crippen LogP contribution in [0.2, 0.25) is 0 Å². The Bertz CT molecular complexity index is 2160. The lowest BCUT2D eigenvalue weighted by atomic mass is 9.86. The summed E-state index contributed by atoms with van der Waals surface area (Å²) in [5, 5.41) is 2.28. The molecule has 4 aromatic heterocycles. The number of pyridine rings is 2. The summed E-state index contributed by atoms with van der Waals surface area (Å²) in [7, 11) is 0. The topological polar surface area (TPSA) is 47.2 Å². The Morgan fingerprint density at radius 3 is 2.54 bits per heavy atom. The normalized spacial score (nSPS) is 18.1. The lowest BCUT2D eigenvalue weighted by Gasteiger charge is -2.27. The van der Waals surface area contributed by atoms with Gasteiger partial charge < -0.3 is 4.74 Å². The van der Waals surface area contributed by atoms with Gasteiger partial charge in [0.1, 0.15) is 40.5 Å². The van der Waals surface area contributed by atoms with E-state index in [2.05, 4.69) is 80.7 Å². The molecule has 1 atom stereocenters. The van der Waals surface area contributed by atoms with Crippen molar-refractivity contribution in [2.45, 2.75) is 5.66 Å². The highest BCUT2D eigenvalue weighted by atomic mass is 16.5. The molecule has 0 amide bonds. The molecule has 0 fully saturated rings. The monoisotopic (exact) mass is 449 g/mol. The summed E-state index contributed by atoms with van der Waals surface area (Å²) in [6.45, 7) is 0. The largest absolute Gasteiger partial charge is 0.456 e. The third-order valence-corrected chi connectivity index (χ3v) is 8.02. The smallest absolute Gasteiger partial charge is 0.371 e. The van der Waals surface area contributed by atoms with Crippen molar-refractivity contribution < 1.29 is 13.9 Å². The molecule has 35 heavy (non-hydrogen) atoms. The Kier molecular flexibility index (Phi) is 2.45. The Balaban J connectivity index is 1.52. The van der Waals surface area contributed by atoms with E-state index < -0.39 is 5.66 Å². The van der Waals surface area contributed by atoms with Crippen LogP contribution in [-0.2, 0) is 5.66 Å². The zero-order valence-corrected chi connectivity index (χ0v) is 18.3. The van der Waals surface area contributed by atoms with Crippen molar-refractivity contribution in [3.8, 4) is 22.8 Å². The van der Waals surface area contributed by atoms with Crippen LogP contribution < -0.4 is 13.9 Å². The SMILES string of the molecule is c1cc2c3c(c1)-c1cccc[n+]1C31c3c(ccc4c5nc6ccccc6nc5n5cc[n+]1c5c34)O2. The Morgan fingerprint density at radius 2 is 1.60 bits per heavy atom. The van der Waals surface area contributed by atoms with Crippen molar-refractivity contribution in [3.63, 3.8) is 0 Å². The maximum Gasteiger partial charge on any atom is 0.371 e. The number of ether oxygens (including phenoxy) is 1. The zero-order chi connectivity index (χ0) is 22.5. The average Bonchev–Trinajstić information content (AvgIpc) is 3.56. The van der Waals surface area contributed by atoms with Crippen LogP contribution >= 0.6 is 0 Å². The number of hydrogen-bond acceptors (Lipinski definition) is 3. The second kappa shape index (κ2) is 5.13. The Morgan fingerprint density at radius 1 is 0.743 bits per heavy atom. The highest BCUT2D eigenvalue weighted by Crippen LogP contribution is 2.56. The summed E-state index contributed by atoms with van der Waals surface area (Å²) in [4.78, 5) is 10.2. The number of hydrogen-bond donors (Lipinski definition) is 0. The summed E-state index contributed by atoms with van der Waals surface area (Å²) in [5.41, 5.74) is 8.89. The van der Waals surface area contributed by atoms with Gasteiger partial charge >= 0.3 is 11.3 Å². The van der Waals surface area contributed by atoms with E-state index in [4.69, 9.17) is 14.7 Å². The lowest BCUT2D eigenvalue weighted by molar-refractivity contribution is -0.950. The third-order valence-electron chi connectivity index (χ3n) is 8.02. The molecule has 0 bridgehead atoms. The summed E-state index contributed by atoms with van der Waals surface area (Å²) < 4.78 is 13.6. The molecule has 10 rings (SSSR count). The highest BCUT2D eigenvalue weighted by Gasteiger charge is 2.68. The van der Waals surface area contributed by atoms with Crippen molar-refractivity contribution in [1.29, 1.82) is 0 Å². The molecule has 0 saturated carbocycles. The molecule has 3 aromatic carbocycles. The summed E-state index contributed by atoms with van der Waals surface area (Å²) in [6, 6.07) is 25.1. The molecule has 160 valence electrons. The van der Waals surface area contributed by atoms with Crippen LogP contribution in [0, 0.1) is 0 Å². The molecule has 0 saturated heterocycles. The second-order valence-electron chi connectivity index (χ2n) is 9.52. The number of nitrogens with zero attached hydrogens (tertiary/aromatic N) is 5. The molecule has 7 aromatic rings. The van der Waals surface area contributed by atoms with Gasteiger partial charge in [-0.1, -0.05) is 18.2 Å². The molecule has 0 radical (unpaired) electrons. The lowest BCUT2D eigenvalue weighted by Crippen LogP contribution is -2.71. The van der Waals surface area contributed by atoms with Crippen molar-refractivity contribution >= 4 is 38.6 Å². The standard InChI is InChI=1S/C29H15N5O/c1-2-8-19-18(7-1)30-26-17-11-12-22-25-23(17)28-32(27(26)31-19)14-15-34(28)29(25)24-16(6-5-10-21(24)35-22)20-9-3-4-13-33(20)29/h1-15H/q+2. The van der Waals surface area contributed by atoms with E-state index in [0.29, 0.717) is 0 Å². The molecule has 7 heterocycles. The Hall–Kier alpha value is -4.84. The van der Waals surface area contributed by atoms with Gasteiger partial charge in [0.25, 0.3) is 5.65 Å². The molecule has 1 unspecified atom stereocenters. The first-order valence-electron chi connectivity index (χ1n) is 11.8. The number of fused-ring (bicyclic) bond motifs is 6. The van der Waals surface area contributed by atoms with Crippen molar-refractivity contribution in [1.82, 2.24) is 14.4 Å². The molecule has 0 N–H and O–H groups in total. The first-order valence-corrected chi connectivity index (χ1v) is 11.8. The first kappa shape index (κ1) is 16.7. The number of imidazole rings is 1. The molecular formula is C29H15N5O+2. The van der Waals surface area contributed by atoms with E-state index >= 15 is 0 Å². The minimum atomic E-state index is -0.552. The summed E-state index contributed by atoms with van der Waals surface area (Å²) in [6.07, 6.45) is 6.51. The minimum Gasteiger partial charge on any atom is -0.456 e. The predicted molar refractivity (Wildman–Crippen MR) is 129 cm³/mol. The molecule has 0 aliphatic carbocycles. The van der Waals surface area contributed by atoms with Gasteiger partial charge in [0.05, 0.1) is 22.0 Å².